The number of aryl methyl sites for hydroxylation is 1. The van der Waals surface area contributed by atoms with Gasteiger partial charge in [-0.1, -0.05) is 0 Å². The molecule has 3 heterocycles. The van der Waals surface area contributed by atoms with Gasteiger partial charge in [0.05, 0.1) is 6.33 Å². The van der Waals surface area contributed by atoms with Crippen LogP contribution in [-0.4, -0.2) is 44.5 Å². The number of aromatic nitrogens is 4. The molecule has 4 rings (SSSR count). The second-order valence-electron chi connectivity index (χ2n) is 7.37. The van der Waals surface area contributed by atoms with E-state index in [1.54, 1.807) is 0 Å². The summed E-state index contributed by atoms with van der Waals surface area (Å²) >= 11 is 0. The molecular weight excluding hydrogens is 336 g/mol. The molecule has 2 aromatic heterocycles. The first kappa shape index (κ1) is 17.8. The first-order chi connectivity index (χ1) is 13.3. The molecule has 0 saturated carbocycles. The lowest BCUT2D eigenvalue weighted by Crippen LogP contribution is -2.45. The van der Waals surface area contributed by atoms with E-state index in [0.717, 1.165) is 31.7 Å². The Labute approximate surface area is 160 Å². The van der Waals surface area contributed by atoms with Crippen molar-refractivity contribution in [3.63, 3.8) is 0 Å². The van der Waals surface area contributed by atoms with Crippen LogP contribution in [0, 0.1) is 0 Å². The minimum Gasteiger partial charge on any atom is -0.371 e. The van der Waals surface area contributed by atoms with Gasteiger partial charge in [0.15, 0.2) is 0 Å². The summed E-state index contributed by atoms with van der Waals surface area (Å²) in [6.45, 7) is 5.47. The van der Waals surface area contributed by atoms with E-state index in [1.807, 2.05) is 46.4 Å². The van der Waals surface area contributed by atoms with Gasteiger partial charge in [0.25, 0.3) is 0 Å². The highest BCUT2D eigenvalue weighted by Crippen LogP contribution is 2.22. The normalized spacial score (nSPS) is 16.6. The Hall–Kier alpha value is -2.60. The third-order valence-corrected chi connectivity index (χ3v) is 5.38. The van der Waals surface area contributed by atoms with Crippen LogP contribution in [0.25, 0.3) is 5.69 Å². The average Bonchev–Trinajstić information content (AvgIpc) is 3.41. The molecule has 6 nitrogen and oxygen atoms in total. The van der Waals surface area contributed by atoms with Crippen molar-refractivity contribution in [2.45, 2.75) is 44.8 Å². The Morgan fingerprint density at radius 2 is 1.85 bits per heavy atom. The highest BCUT2D eigenvalue weighted by molar-refractivity contribution is 5.51. The molecule has 1 saturated heterocycles. The SMILES string of the molecule is C[C@H](CCn1cccn1)NC1CCN(c2ccc(-n3ccnc3)cc2)CC1. The molecule has 1 atom stereocenters. The van der Waals surface area contributed by atoms with Gasteiger partial charge in [-0.15, -0.1) is 0 Å². The van der Waals surface area contributed by atoms with E-state index in [0.29, 0.717) is 12.1 Å². The van der Waals surface area contributed by atoms with Crippen molar-refractivity contribution in [2.24, 2.45) is 0 Å². The van der Waals surface area contributed by atoms with E-state index in [-0.39, 0.29) is 0 Å². The van der Waals surface area contributed by atoms with Crippen LogP contribution >= 0.6 is 0 Å². The molecule has 142 valence electrons. The van der Waals surface area contributed by atoms with Crippen LogP contribution < -0.4 is 10.2 Å². The number of hydrogen-bond acceptors (Lipinski definition) is 4. The van der Waals surface area contributed by atoms with Gasteiger partial charge in [-0.3, -0.25) is 4.68 Å². The highest BCUT2D eigenvalue weighted by atomic mass is 15.3. The van der Waals surface area contributed by atoms with E-state index in [4.69, 9.17) is 0 Å². The summed E-state index contributed by atoms with van der Waals surface area (Å²) < 4.78 is 4.04. The predicted octanol–water partition coefficient (Wildman–Crippen LogP) is 3.11. The predicted molar refractivity (Wildman–Crippen MR) is 108 cm³/mol. The molecule has 0 bridgehead atoms. The van der Waals surface area contributed by atoms with Crippen LogP contribution in [0.1, 0.15) is 26.2 Å². The van der Waals surface area contributed by atoms with Crippen LogP contribution in [0.4, 0.5) is 5.69 Å². The van der Waals surface area contributed by atoms with Crippen LogP contribution in [0.3, 0.4) is 0 Å². The van der Waals surface area contributed by atoms with Gasteiger partial charge in [-0.05, 0) is 56.5 Å². The lowest BCUT2D eigenvalue weighted by molar-refractivity contribution is 0.354. The van der Waals surface area contributed by atoms with Crippen molar-refractivity contribution < 1.29 is 0 Å². The molecule has 0 unspecified atom stereocenters. The summed E-state index contributed by atoms with van der Waals surface area (Å²) in [4.78, 5) is 6.60. The number of benzene rings is 1. The van der Waals surface area contributed by atoms with Crippen molar-refractivity contribution in [3.8, 4) is 5.69 Å². The van der Waals surface area contributed by atoms with Gasteiger partial charge in [0.1, 0.15) is 0 Å². The first-order valence-corrected chi connectivity index (χ1v) is 9.85. The molecule has 0 amide bonds. The van der Waals surface area contributed by atoms with E-state index in [9.17, 15) is 0 Å². The lowest BCUT2D eigenvalue weighted by Gasteiger charge is -2.35. The Balaban J connectivity index is 1.23. The quantitative estimate of drug-likeness (QED) is 0.700. The molecule has 0 aliphatic carbocycles. The largest absolute Gasteiger partial charge is 0.371 e. The summed E-state index contributed by atoms with van der Waals surface area (Å²) in [5.41, 5.74) is 2.46. The lowest BCUT2D eigenvalue weighted by atomic mass is 10.0. The number of anilines is 1. The van der Waals surface area contributed by atoms with Crippen molar-refractivity contribution in [1.82, 2.24) is 24.6 Å². The van der Waals surface area contributed by atoms with Gasteiger partial charge in [-0.2, -0.15) is 5.10 Å². The maximum atomic E-state index is 4.28. The number of imidazole rings is 1. The zero-order chi connectivity index (χ0) is 18.5. The molecule has 1 aromatic carbocycles. The smallest absolute Gasteiger partial charge is 0.0991 e. The zero-order valence-corrected chi connectivity index (χ0v) is 15.9. The number of nitrogens with zero attached hydrogens (tertiary/aromatic N) is 5. The fourth-order valence-electron chi connectivity index (χ4n) is 3.80. The van der Waals surface area contributed by atoms with Crippen molar-refractivity contribution in [2.75, 3.05) is 18.0 Å². The van der Waals surface area contributed by atoms with E-state index in [2.05, 4.69) is 51.5 Å². The second-order valence-corrected chi connectivity index (χ2v) is 7.37. The Morgan fingerprint density at radius 3 is 2.52 bits per heavy atom. The topological polar surface area (TPSA) is 50.9 Å². The highest BCUT2D eigenvalue weighted by Gasteiger charge is 2.20. The molecular formula is C21H28N6. The standard InChI is InChI=1S/C21H28N6/c1-18(7-15-27-12-2-10-23-27)24-19-8-13-25(14-9-19)20-3-5-21(6-4-20)26-16-11-22-17-26/h2-6,10-12,16-19,24H,7-9,13-15H2,1H3/t18-/m1/s1. The van der Waals surface area contributed by atoms with Gasteiger partial charge in [0.2, 0.25) is 0 Å². The summed E-state index contributed by atoms with van der Waals surface area (Å²) in [5.74, 6) is 0. The number of piperidine rings is 1. The molecule has 3 aromatic rings. The Morgan fingerprint density at radius 1 is 1.07 bits per heavy atom. The van der Waals surface area contributed by atoms with E-state index in [1.165, 1.54) is 18.5 Å². The van der Waals surface area contributed by atoms with Gasteiger partial charge >= 0.3 is 0 Å². The Kier molecular flexibility index (Phi) is 5.53. The van der Waals surface area contributed by atoms with Gasteiger partial charge < -0.3 is 14.8 Å². The van der Waals surface area contributed by atoms with Crippen LogP contribution in [0.15, 0.2) is 61.4 Å². The monoisotopic (exact) mass is 364 g/mol. The Bertz CT molecular complexity index is 786. The fraction of sp³-hybridized carbons (Fsp3) is 0.429. The first-order valence-electron chi connectivity index (χ1n) is 9.85. The minimum absolute atomic E-state index is 0.514. The summed E-state index contributed by atoms with van der Waals surface area (Å²) in [6, 6.07) is 11.9. The molecule has 0 spiro atoms. The summed E-state index contributed by atoms with van der Waals surface area (Å²) in [6.07, 6.45) is 13.0. The van der Waals surface area contributed by atoms with Crippen molar-refractivity contribution in [3.05, 3.63) is 61.4 Å². The summed E-state index contributed by atoms with van der Waals surface area (Å²) in [5, 5.41) is 8.08. The maximum absolute atomic E-state index is 4.28. The number of hydrogen-bond donors (Lipinski definition) is 1. The van der Waals surface area contributed by atoms with E-state index >= 15 is 0 Å². The van der Waals surface area contributed by atoms with Crippen LogP contribution in [-0.2, 0) is 6.54 Å². The number of nitrogens with one attached hydrogen (secondary N) is 1. The molecule has 1 aliphatic heterocycles. The third-order valence-electron chi connectivity index (χ3n) is 5.38. The number of rotatable bonds is 7. The molecule has 1 fully saturated rings. The average molecular weight is 364 g/mol. The zero-order valence-electron chi connectivity index (χ0n) is 15.9. The molecule has 6 heteroatoms. The molecule has 1 aliphatic rings. The van der Waals surface area contributed by atoms with Gasteiger partial charge in [0, 0.05) is 67.9 Å². The third kappa shape index (κ3) is 4.57. The molecule has 1 N–H and O–H groups in total. The molecule has 27 heavy (non-hydrogen) atoms. The maximum Gasteiger partial charge on any atom is 0.0991 e. The van der Waals surface area contributed by atoms with Crippen LogP contribution in [0.5, 0.6) is 0 Å². The second kappa shape index (κ2) is 8.39. The van der Waals surface area contributed by atoms with Gasteiger partial charge in [-0.25, -0.2) is 4.98 Å². The molecule has 0 radical (unpaired) electrons. The minimum atomic E-state index is 0.514. The summed E-state index contributed by atoms with van der Waals surface area (Å²) in [7, 11) is 0. The fourth-order valence-corrected chi connectivity index (χ4v) is 3.80. The van der Waals surface area contributed by atoms with Crippen molar-refractivity contribution >= 4 is 5.69 Å². The van der Waals surface area contributed by atoms with Crippen LogP contribution in [0.2, 0.25) is 0 Å². The van der Waals surface area contributed by atoms with E-state index < -0.39 is 0 Å². The van der Waals surface area contributed by atoms with Crippen molar-refractivity contribution in [1.29, 1.82) is 0 Å².